The number of benzene rings is 1. The van der Waals surface area contributed by atoms with Crippen LogP contribution in [0.25, 0.3) is 0 Å². The molecule has 30 heavy (non-hydrogen) atoms. The monoisotopic (exact) mass is 417 g/mol. The molecule has 3 amide bonds. The van der Waals surface area contributed by atoms with Crippen molar-refractivity contribution in [1.82, 2.24) is 14.7 Å². The Bertz CT molecular complexity index is 883. The number of carbonyl (C=O) groups is 3. The summed E-state index contributed by atoms with van der Waals surface area (Å²) in [5, 5.41) is 9.63. The van der Waals surface area contributed by atoms with Crippen LogP contribution in [0.4, 0.5) is 9.18 Å². The summed E-state index contributed by atoms with van der Waals surface area (Å²) in [6, 6.07) is 5.41. The molecule has 4 rings (SSSR count). The fourth-order valence-electron chi connectivity index (χ4n) is 4.37. The Labute approximate surface area is 173 Å². The molecule has 3 aliphatic heterocycles. The van der Waals surface area contributed by atoms with E-state index < -0.39 is 12.1 Å². The molecule has 0 radical (unpaired) electrons. The van der Waals surface area contributed by atoms with E-state index in [1.165, 1.54) is 28.1 Å². The van der Waals surface area contributed by atoms with Gasteiger partial charge in [0.15, 0.2) is 0 Å². The lowest BCUT2D eigenvalue weighted by atomic mass is 9.88. The molecule has 2 fully saturated rings. The largest absolute Gasteiger partial charge is 0.465 e. The van der Waals surface area contributed by atoms with Gasteiger partial charge in [-0.2, -0.15) is 0 Å². The zero-order valence-corrected chi connectivity index (χ0v) is 16.5. The maximum Gasteiger partial charge on any atom is 0.413 e. The lowest BCUT2D eigenvalue weighted by Crippen LogP contribution is -2.62. The van der Waals surface area contributed by atoms with Gasteiger partial charge in [0, 0.05) is 38.9 Å². The highest BCUT2D eigenvalue weighted by Gasteiger charge is 2.47. The van der Waals surface area contributed by atoms with Crippen molar-refractivity contribution < 1.29 is 28.6 Å². The molecule has 8 nitrogen and oxygen atoms in total. The average molecular weight is 417 g/mol. The summed E-state index contributed by atoms with van der Waals surface area (Å²) < 4.78 is 18.9. The fourth-order valence-corrected chi connectivity index (χ4v) is 4.37. The molecule has 9 heteroatoms. The molecule has 0 aromatic heterocycles. The number of hydrogen-bond donors (Lipinski definition) is 1. The minimum atomic E-state index is -1.16. The highest BCUT2D eigenvalue weighted by molar-refractivity contribution is 5.93. The average Bonchev–Trinajstić information content (AvgIpc) is 2.73. The van der Waals surface area contributed by atoms with Gasteiger partial charge in [0.25, 0.3) is 0 Å². The first-order valence-electron chi connectivity index (χ1n) is 10.1. The van der Waals surface area contributed by atoms with Crippen LogP contribution in [0.2, 0.25) is 0 Å². The molecular weight excluding hydrogens is 393 g/mol. The number of nitrogens with zero attached hydrogens (tertiary/aromatic N) is 3. The highest BCUT2D eigenvalue weighted by atomic mass is 19.1. The Morgan fingerprint density at radius 3 is 2.70 bits per heavy atom. The van der Waals surface area contributed by atoms with Gasteiger partial charge in [-0.05, 0) is 42.9 Å². The number of rotatable bonds is 4. The molecule has 2 saturated heterocycles. The number of carboxylic acid groups (broad SMARTS) is 1. The van der Waals surface area contributed by atoms with Crippen LogP contribution >= 0.6 is 0 Å². The van der Waals surface area contributed by atoms with E-state index >= 15 is 0 Å². The van der Waals surface area contributed by atoms with Crippen LogP contribution < -0.4 is 0 Å². The lowest BCUT2D eigenvalue weighted by molar-refractivity contribution is -0.152. The SMILES string of the molecule is O=C1[C@H](C2CCOCC2)N2C(=O)CCN(C(=O)O)C2=CN1CCc1cccc(F)c1. The van der Waals surface area contributed by atoms with Crippen molar-refractivity contribution in [3.8, 4) is 0 Å². The molecule has 1 atom stereocenters. The number of ether oxygens (including phenoxy) is 1. The van der Waals surface area contributed by atoms with E-state index in [0.29, 0.717) is 32.5 Å². The predicted octanol–water partition coefficient (Wildman–Crippen LogP) is 2.02. The Balaban J connectivity index is 1.65. The Morgan fingerprint density at radius 1 is 1.23 bits per heavy atom. The van der Waals surface area contributed by atoms with E-state index in [0.717, 1.165) is 10.5 Å². The van der Waals surface area contributed by atoms with Crippen LogP contribution in [0.3, 0.4) is 0 Å². The predicted molar refractivity (Wildman–Crippen MR) is 103 cm³/mol. The molecule has 1 N–H and O–H groups in total. The van der Waals surface area contributed by atoms with Gasteiger partial charge in [-0.15, -0.1) is 0 Å². The van der Waals surface area contributed by atoms with E-state index in [-0.39, 0.29) is 48.9 Å². The van der Waals surface area contributed by atoms with Gasteiger partial charge in [-0.1, -0.05) is 12.1 Å². The maximum absolute atomic E-state index is 13.5. The van der Waals surface area contributed by atoms with Crippen molar-refractivity contribution in [3.63, 3.8) is 0 Å². The van der Waals surface area contributed by atoms with Crippen molar-refractivity contribution in [3.05, 3.63) is 47.7 Å². The highest BCUT2D eigenvalue weighted by Crippen LogP contribution is 2.34. The van der Waals surface area contributed by atoms with Crippen LogP contribution in [0.1, 0.15) is 24.8 Å². The second kappa shape index (κ2) is 8.43. The Morgan fingerprint density at radius 2 is 2.00 bits per heavy atom. The third-order valence-corrected chi connectivity index (χ3v) is 5.90. The molecule has 3 aliphatic rings. The van der Waals surface area contributed by atoms with E-state index in [1.807, 2.05) is 0 Å². The third kappa shape index (κ3) is 3.89. The van der Waals surface area contributed by atoms with Gasteiger partial charge >= 0.3 is 6.09 Å². The number of amides is 3. The van der Waals surface area contributed by atoms with Crippen molar-refractivity contribution >= 4 is 17.9 Å². The fraction of sp³-hybridized carbons (Fsp3) is 0.476. The Kier molecular flexibility index (Phi) is 5.72. The first-order chi connectivity index (χ1) is 14.5. The number of fused-ring (bicyclic) bond motifs is 1. The quantitative estimate of drug-likeness (QED) is 0.810. The number of carbonyl (C=O) groups excluding carboxylic acids is 2. The first-order valence-corrected chi connectivity index (χ1v) is 10.1. The lowest BCUT2D eigenvalue weighted by Gasteiger charge is -2.48. The normalized spacial score (nSPS) is 22.8. The van der Waals surface area contributed by atoms with Gasteiger partial charge in [0.05, 0.1) is 0 Å². The molecule has 0 spiro atoms. The summed E-state index contributed by atoms with van der Waals surface area (Å²) in [7, 11) is 0. The van der Waals surface area contributed by atoms with Crippen LogP contribution in [0, 0.1) is 11.7 Å². The molecule has 3 heterocycles. The second-order valence-corrected chi connectivity index (χ2v) is 7.74. The van der Waals surface area contributed by atoms with Crippen molar-refractivity contribution in [2.24, 2.45) is 5.92 Å². The minimum absolute atomic E-state index is 0.0416. The van der Waals surface area contributed by atoms with Crippen LogP contribution in [0.5, 0.6) is 0 Å². The van der Waals surface area contributed by atoms with Gasteiger partial charge < -0.3 is 14.7 Å². The molecule has 1 aromatic rings. The summed E-state index contributed by atoms with van der Waals surface area (Å²) in [6.45, 7) is 1.33. The van der Waals surface area contributed by atoms with E-state index in [4.69, 9.17) is 4.74 Å². The van der Waals surface area contributed by atoms with Crippen LogP contribution in [0.15, 0.2) is 36.3 Å². The van der Waals surface area contributed by atoms with Crippen molar-refractivity contribution in [2.75, 3.05) is 26.3 Å². The molecule has 0 aliphatic carbocycles. The smallest absolute Gasteiger partial charge is 0.413 e. The van der Waals surface area contributed by atoms with E-state index in [2.05, 4.69) is 0 Å². The zero-order chi connectivity index (χ0) is 21.3. The van der Waals surface area contributed by atoms with Gasteiger partial charge in [0.2, 0.25) is 11.8 Å². The van der Waals surface area contributed by atoms with Gasteiger partial charge in [-0.3, -0.25) is 19.4 Å². The second-order valence-electron chi connectivity index (χ2n) is 7.74. The zero-order valence-electron chi connectivity index (χ0n) is 16.5. The molecular formula is C21H24FN3O5. The molecule has 0 bridgehead atoms. The molecule has 0 saturated carbocycles. The minimum Gasteiger partial charge on any atom is -0.465 e. The molecule has 1 aromatic carbocycles. The van der Waals surface area contributed by atoms with E-state index in [1.54, 1.807) is 12.1 Å². The number of hydrogen-bond acceptors (Lipinski definition) is 4. The van der Waals surface area contributed by atoms with Crippen LogP contribution in [-0.4, -0.2) is 70.1 Å². The number of halogens is 1. The summed E-state index contributed by atoms with van der Waals surface area (Å²) in [5.74, 6) is -0.716. The molecule has 0 unspecified atom stereocenters. The summed E-state index contributed by atoms with van der Waals surface area (Å²) in [4.78, 5) is 41.9. The third-order valence-electron chi connectivity index (χ3n) is 5.90. The molecule has 160 valence electrons. The Hall–Kier alpha value is -2.94. The maximum atomic E-state index is 13.5. The summed E-state index contributed by atoms with van der Waals surface area (Å²) in [6.07, 6.45) is 1.98. The van der Waals surface area contributed by atoms with Crippen molar-refractivity contribution in [2.45, 2.75) is 31.7 Å². The van der Waals surface area contributed by atoms with Crippen molar-refractivity contribution in [1.29, 1.82) is 0 Å². The van der Waals surface area contributed by atoms with Gasteiger partial charge in [0.1, 0.15) is 17.7 Å². The van der Waals surface area contributed by atoms with E-state index in [9.17, 15) is 23.9 Å². The summed E-state index contributed by atoms with van der Waals surface area (Å²) in [5.41, 5.74) is 0.737. The van der Waals surface area contributed by atoms with Gasteiger partial charge in [-0.25, -0.2) is 9.18 Å². The van der Waals surface area contributed by atoms with Crippen LogP contribution in [-0.2, 0) is 20.7 Å². The standard InChI is InChI=1S/C21H24FN3O5/c22-16-3-1-2-14(12-16)4-8-23-13-17-24(21(28)29)9-5-18(26)25(17)19(20(23)27)15-6-10-30-11-7-15/h1-3,12-13,15,19H,4-11H2,(H,28,29)/t19-/m0/s1. The topological polar surface area (TPSA) is 90.4 Å². The first kappa shape index (κ1) is 20.3. The summed E-state index contributed by atoms with van der Waals surface area (Å²) >= 11 is 0.